The lowest BCUT2D eigenvalue weighted by atomic mass is 10.0. The van der Waals surface area contributed by atoms with Crippen LogP contribution in [0.25, 0.3) is 12.2 Å². The Hall–Kier alpha value is -1.99. The first kappa shape index (κ1) is 14.9. The molecule has 0 aliphatic carbocycles. The molecule has 0 N–H and O–H groups in total. The van der Waals surface area contributed by atoms with Crippen LogP contribution >= 0.6 is 0 Å². The molecule has 0 spiro atoms. The van der Waals surface area contributed by atoms with Crippen LogP contribution < -0.4 is 0 Å². The quantitative estimate of drug-likeness (QED) is 0.813. The summed E-state index contributed by atoms with van der Waals surface area (Å²) in [6, 6.07) is 0. The summed E-state index contributed by atoms with van der Waals surface area (Å²) in [6.07, 6.45) is 8.05. The molecule has 7 nitrogen and oxygen atoms in total. The van der Waals surface area contributed by atoms with E-state index < -0.39 is 5.60 Å². The van der Waals surface area contributed by atoms with Gasteiger partial charge in [-0.25, -0.2) is 4.98 Å². The zero-order valence-corrected chi connectivity index (χ0v) is 12.9. The zero-order chi connectivity index (χ0) is 15.4. The lowest BCUT2D eigenvalue weighted by Gasteiger charge is -2.22. The second kappa shape index (κ2) is 6.41. The van der Waals surface area contributed by atoms with E-state index in [0.717, 1.165) is 18.8 Å². The Balaban J connectivity index is 1.79. The number of hydrogen-bond donors (Lipinski definition) is 0. The largest absolute Gasteiger partial charge is 0.418 e. The molecule has 1 aliphatic rings. The number of imidazole rings is 1. The van der Waals surface area contributed by atoms with Crippen molar-refractivity contribution < 1.29 is 13.9 Å². The molecule has 1 aliphatic heterocycles. The molecule has 0 amide bonds. The van der Waals surface area contributed by atoms with Gasteiger partial charge in [0.2, 0.25) is 5.89 Å². The number of aromatic nitrogens is 4. The average Bonchev–Trinajstić information content (AvgIpc) is 3.26. The number of aryl methyl sites for hydroxylation is 1. The second-order valence-electron chi connectivity index (χ2n) is 5.08. The van der Waals surface area contributed by atoms with Gasteiger partial charge in [0.15, 0.2) is 5.60 Å². The Morgan fingerprint density at radius 3 is 3.00 bits per heavy atom. The van der Waals surface area contributed by atoms with E-state index in [9.17, 15) is 0 Å². The fourth-order valence-electron chi connectivity index (χ4n) is 2.55. The lowest BCUT2D eigenvalue weighted by Crippen LogP contribution is -2.30. The molecule has 3 rings (SSSR count). The van der Waals surface area contributed by atoms with Gasteiger partial charge in [-0.05, 0) is 19.9 Å². The fourth-order valence-corrected chi connectivity index (χ4v) is 2.55. The Bertz CT molecular complexity index is 641. The van der Waals surface area contributed by atoms with Crippen LogP contribution in [0.1, 0.15) is 37.9 Å². The molecule has 1 saturated heterocycles. The highest BCUT2D eigenvalue weighted by molar-refractivity contribution is 5.62. The van der Waals surface area contributed by atoms with Crippen molar-refractivity contribution in [2.24, 2.45) is 0 Å². The summed E-state index contributed by atoms with van der Waals surface area (Å²) >= 11 is 0. The lowest BCUT2D eigenvalue weighted by molar-refractivity contribution is -0.0661. The summed E-state index contributed by atoms with van der Waals surface area (Å²) < 4.78 is 19.0. The number of hydrogen-bond acceptors (Lipinski definition) is 6. The second-order valence-corrected chi connectivity index (χ2v) is 5.08. The molecule has 1 unspecified atom stereocenters. The molecule has 2 aromatic rings. The van der Waals surface area contributed by atoms with E-state index >= 15 is 0 Å². The first-order valence-corrected chi connectivity index (χ1v) is 7.52. The third-order valence-corrected chi connectivity index (χ3v) is 3.70. The average molecular weight is 304 g/mol. The summed E-state index contributed by atoms with van der Waals surface area (Å²) in [7, 11) is 0. The highest BCUT2D eigenvalue weighted by Gasteiger charge is 2.42. The first-order valence-electron chi connectivity index (χ1n) is 7.52. The molecule has 118 valence electrons. The highest BCUT2D eigenvalue weighted by atomic mass is 16.6. The SMILES string of the molecule is CCOC1(c2nnc(/C=C/c3nccn3CC)o2)CCOC1. The number of ether oxygens (including phenoxy) is 2. The van der Waals surface area contributed by atoms with Crippen LogP contribution in [-0.2, 0) is 21.6 Å². The van der Waals surface area contributed by atoms with Crippen molar-refractivity contribution in [2.45, 2.75) is 32.4 Å². The van der Waals surface area contributed by atoms with Gasteiger partial charge in [0, 0.05) is 38.0 Å². The third kappa shape index (κ3) is 2.82. The van der Waals surface area contributed by atoms with E-state index in [1.165, 1.54) is 0 Å². The van der Waals surface area contributed by atoms with E-state index in [1.54, 1.807) is 12.3 Å². The predicted octanol–water partition coefficient (Wildman–Crippen LogP) is 2.11. The van der Waals surface area contributed by atoms with Gasteiger partial charge in [-0.3, -0.25) is 0 Å². The maximum absolute atomic E-state index is 5.81. The van der Waals surface area contributed by atoms with Crippen LogP contribution in [0.5, 0.6) is 0 Å². The standard InChI is InChI=1S/C15H20N4O3/c1-3-19-9-8-16-12(19)5-6-13-17-18-14(22-13)15(21-4-2)7-10-20-11-15/h5-6,8-9H,3-4,7,10-11H2,1-2H3/b6-5+. The minimum absolute atomic E-state index is 0.437. The van der Waals surface area contributed by atoms with Gasteiger partial charge in [0.05, 0.1) is 13.2 Å². The zero-order valence-electron chi connectivity index (χ0n) is 12.9. The summed E-state index contributed by atoms with van der Waals surface area (Å²) in [5.41, 5.74) is -0.601. The summed E-state index contributed by atoms with van der Waals surface area (Å²) in [4.78, 5) is 4.27. The van der Waals surface area contributed by atoms with Crippen LogP contribution in [0, 0.1) is 0 Å². The predicted molar refractivity (Wildman–Crippen MR) is 79.9 cm³/mol. The van der Waals surface area contributed by atoms with Crippen molar-refractivity contribution in [1.82, 2.24) is 19.7 Å². The van der Waals surface area contributed by atoms with E-state index in [-0.39, 0.29) is 0 Å². The Labute approximate surface area is 129 Å². The smallest absolute Gasteiger partial charge is 0.251 e. The molecule has 1 atom stereocenters. The van der Waals surface area contributed by atoms with Gasteiger partial charge in [-0.2, -0.15) is 0 Å². The Kier molecular flexibility index (Phi) is 4.35. The Morgan fingerprint density at radius 1 is 1.36 bits per heavy atom. The van der Waals surface area contributed by atoms with E-state index in [1.807, 2.05) is 23.8 Å². The molecule has 0 saturated carbocycles. The van der Waals surface area contributed by atoms with Crippen molar-refractivity contribution in [3.63, 3.8) is 0 Å². The van der Waals surface area contributed by atoms with E-state index in [0.29, 0.717) is 31.6 Å². The molecule has 0 radical (unpaired) electrons. The van der Waals surface area contributed by atoms with Crippen LogP contribution in [0.3, 0.4) is 0 Å². The molecular weight excluding hydrogens is 284 g/mol. The summed E-state index contributed by atoms with van der Waals surface area (Å²) in [5, 5.41) is 8.20. The van der Waals surface area contributed by atoms with Crippen molar-refractivity contribution in [3.8, 4) is 0 Å². The van der Waals surface area contributed by atoms with Gasteiger partial charge in [-0.15, -0.1) is 10.2 Å². The molecular formula is C15H20N4O3. The molecule has 22 heavy (non-hydrogen) atoms. The van der Waals surface area contributed by atoms with Crippen molar-refractivity contribution in [3.05, 3.63) is 30.0 Å². The van der Waals surface area contributed by atoms with Gasteiger partial charge in [0.1, 0.15) is 5.82 Å². The molecule has 0 bridgehead atoms. The van der Waals surface area contributed by atoms with E-state index in [2.05, 4.69) is 22.1 Å². The normalized spacial score (nSPS) is 21.9. The minimum atomic E-state index is -0.601. The maximum atomic E-state index is 5.81. The third-order valence-electron chi connectivity index (χ3n) is 3.70. The molecule has 3 heterocycles. The molecule has 7 heteroatoms. The van der Waals surface area contributed by atoms with E-state index in [4.69, 9.17) is 13.9 Å². The van der Waals surface area contributed by atoms with Crippen LogP contribution in [0.4, 0.5) is 0 Å². The fraction of sp³-hybridized carbons (Fsp3) is 0.533. The number of nitrogens with zero attached hydrogens (tertiary/aromatic N) is 4. The maximum Gasteiger partial charge on any atom is 0.251 e. The van der Waals surface area contributed by atoms with Crippen LogP contribution in [0.15, 0.2) is 16.8 Å². The van der Waals surface area contributed by atoms with Gasteiger partial charge in [0.25, 0.3) is 5.89 Å². The van der Waals surface area contributed by atoms with Gasteiger partial charge in [-0.1, -0.05) is 0 Å². The topological polar surface area (TPSA) is 75.2 Å². The number of rotatable bonds is 6. The minimum Gasteiger partial charge on any atom is -0.418 e. The first-order chi connectivity index (χ1) is 10.8. The monoisotopic (exact) mass is 304 g/mol. The highest BCUT2D eigenvalue weighted by Crippen LogP contribution is 2.33. The van der Waals surface area contributed by atoms with Crippen molar-refractivity contribution >= 4 is 12.2 Å². The van der Waals surface area contributed by atoms with Gasteiger partial charge >= 0.3 is 0 Å². The Morgan fingerprint density at radius 2 is 2.27 bits per heavy atom. The summed E-state index contributed by atoms with van der Waals surface area (Å²) in [5.74, 6) is 1.77. The van der Waals surface area contributed by atoms with Crippen molar-refractivity contribution in [1.29, 1.82) is 0 Å². The molecule has 1 fully saturated rings. The summed E-state index contributed by atoms with van der Waals surface area (Å²) in [6.45, 7) is 6.54. The van der Waals surface area contributed by atoms with Crippen molar-refractivity contribution in [2.75, 3.05) is 19.8 Å². The van der Waals surface area contributed by atoms with Crippen LogP contribution in [0.2, 0.25) is 0 Å². The van der Waals surface area contributed by atoms with Gasteiger partial charge < -0.3 is 18.5 Å². The van der Waals surface area contributed by atoms with Crippen LogP contribution in [-0.4, -0.2) is 39.6 Å². The molecule has 2 aromatic heterocycles. The molecule has 0 aromatic carbocycles.